The fourth-order valence-electron chi connectivity index (χ4n) is 2.22. The number of thioether (sulfide) groups is 1. The van der Waals surface area contributed by atoms with Crippen LogP contribution in [0.25, 0.3) is 0 Å². The molecule has 2 nitrogen and oxygen atoms in total. The van der Waals surface area contributed by atoms with Crippen LogP contribution in [0.1, 0.15) is 39.5 Å². The first-order valence-electron chi connectivity index (χ1n) is 7.26. The fraction of sp³-hybridized carbons (Fsp3) is 0.625. The monoisotopic (exact) mass is 280 g/mol. The molecule has 0 N–H and O–H groups in total. The van der Waals surface area contributed by atoms with Crippen molar-refractivity contribution < 1.29 is 9.47 Å². The van der Waals surface area contributed by atoms with Crippen molar-refractivity contribution in [2.75, 3.05) is 5.94 Å². The van der Waals surface area contributed by atoms with E-state index in [1.54, 1.807) is 11.8 Å². The zero-order valence-electron chi connectivity index (χ0n) is 11.9. The summed E-state index contributed by atoms with van der Waals surface area (Å²) in [5.74, 6) is 0.701. The van der Waals surface area contributed by atoms with Gasteiger partial charge in [0.1, 0.15) is 6.10 Å². The second-order valence-electron chi connectivity index (χ2n) is 5.08. The fourth-order valence-corrected chi connectivity index (χ4v) is 2.99. The SMILES string of the molecule is CCCCC[C@@H]1O[C@H]1[C@H](C)OCSc1ccccc1. The molecule has 0 aliphatic carbocycles. The van der Waals surface area contributed by atoms with E-state index in [2.05, 4.69) is 38.1 Å². The van der Waals surface area contributed by atoms with Crippen molar-refractivity contribution in [2.45, 2.75) is 62.7 Å². The second kappa shape index (κ2) is 7.93. The lowest BCUT2D eigenvalue weighted by Gasteiger charge is -2.10. The highest BCUT2D eigenvalue weighted by Crippen LogP contribution is 2.32. The van der Waals surface area contributed by atoms with E-state index in [4.69, 9.17) is 9.47 Å². The summed E-state index contributed by atoms with van der Waals surface area (Å²) in [5, 5.41) is 0. The minimum absolute atomic E-state index is 0.211. The smallest absolute Gasteiger partial charge is 0.110 e. The summed E-state index contributed by atoms with van der Waals surface area (Å²) < 4.78 is 11.5. The molecular weight excluding hydrogens is 256 g/mol. The molecule has 0 aromatic heterocycles. The highest BCUT2D eigenvalue weighted by Gasteiger charge is 2.42. The van der Waals surface area contributed by atoms with E-state index < -0.39 is 0 Å². The Morgan fingerprint density at radius 3 is 2.79 bits per heavy atom. The second-order valence-corrected chi connectivity index (χ2v) is 6.08. The first kappa shape index (κ1) is 14.9. The third kappa shape index (κ3) is 5.17. The molecule has 3 heteroatoms. The van der Waals surface area contributed by atoms with Crippen LogP contribution in [0.4, 0.5) is 0 Å². The Morgan fingerprint density at radius 1 is 1.26 bits per heavy atom. The first-order valence-corrected chi connectivity index (χ1v) is 8.24. The van der Waals surface area contributed by atoms with Gasteiger partial charge in [0.15, 0.2) is 0 Å². The third-order valence-corrected chi connectivity index (χ3v) is 4.34. The van der Waals surface area contributed by atoms with Crippen molar-refractivity contribution in [1.82, 2.24) is 0 Å². The van der Waals surface area contributed by atoms with E-state index in [9.17, 15) is 0 Å². The standard InChI is InChI=1S/C16H24O2S/c1-3-4-6-11-15-16(18-15)13(2)17-12-19-14-9-7-5-8-10-14/h5,7-10,13,15-16H,3-4,6,11-12H2,1-2H3/t13-,15-,16-/m0/s1. The van der Waals surface area contributed by atoms with E-state index in [1.165, 1.54) is 30.6 Å². The molecule has 1 fully saturated rings. The van der Waals surface area contributed by atoms with E-state index in [0.717, 1.165) is 0 Å². The highest BCUT2D eigenvalue weighted by molar-refractivity contribution is 7.99. The van der Waals surface area contributed by atoms with Crippen molar-refractivity contribution in [1.29, 1.82) is 0 Å². The maximum atomic E-state index is 5.84. The maximum Gasteiger partial charge on any atom is 0.110 e. The molecule has 1 aliphatic rings. The largest absolute Gasteiger partial charge is 0.367 e. The minimum atomic E-state index is 0.211. The van der Waals surface area contributed by atoms with Gasteiger partial charge in [-0.15, -0.1) is 0 Å². The lowest BCUT2D eigenvalue weighted by Crippen LogP contribution is -2.17. The van der Waals surface area contributed by atoms with Gasteiger partial charge >= 0.3 is 0 Å². The van der Waals surface area contributed by atoms with Gasteiger partial charge < -0.3 is 9.47 Å². The van der Waals surface area contributed by atoms with Crippen molar-refractivity contribution in [3.05, 3.63) is 30.3 Å². The molecule has 1 aliphatic heterocycles. The van der Waals surface area contributed by atoms with E-state index in [1.807, 2.05) is 6.07 Å². The van der Waals surface area contributed by atoms with Gasteiger partial charge in [-0.1, -0.05) is 56.1 Å². The normalized spacial score (nSPS) is 23.3. The number of hydrogen-bond donors (Lipinski definition) is 0. The minimum Gasteiger partial charge on any atom is -0.367 e. The van der Waals surface area contributed by atoms with E-state index in [0.29, 0.717) is 18.1 Å². The molecule has 0 radical (unpaired) electrons. The predicted octanol–water partition coefficient (Wildman–Crippen LogP) is 4.49. The molecule has 0 amide bonds. The number of unbranched alkanes of at least 4 members (excludes halogenated alkanes) is 2. The summed E-state index contributed by atoms with van der Waals surface area (Å²) in [5.41, 5.74) is 0. The van der Waals surface area contributed by atoms with Crippen molar-refractivity contribution in [3.63, 3.8) is 0 Å². The molecular formula is C16H24O2S. The van der Waals surface area contributed by atoms with Crippen LogP contribution in [0.15, 0.2) is 35.2 Å². The van der Waals surface area contributed by atoms with Gasteiger partial charge in [-0.05, 0) is 25.5 Å². The molecule has 0 saturated carbocycles. The molecule has 19 heavy (non-hydrogen) atoms. The van der Waals surface area contributed by atoms with Gasteiger partial charge in [0.05, 0.1) is 18.1 Å². The van der Waals surface area contributed by atoms with E-state index in [-0.39, 0.29) is 6.10 Å². The van der Waals surface area contributed by atoms with Crippen LogP contribution >= 0.6 is 11.8 Å². The molecule has 0 bridgehead atoms. The molecule has 1 aromatic carbocycles. The van der Waals surface area contributed by atoms with Crippen LogP contribution in [0, 0.1) is 0 Å². The maximum absolute atomic E-state index is 5.84. The lowest BCUT2D eigenvalue weighted by molar-refractivity contribution is 0.0797. The molecule has 0 unspecified atom stereocenters. The number of hydrogen-bond acceptors (Lipinski definition) is 3. The lowest BCUT2D eigenvalue weighted by atomic mass is 10.1. The van der Waals surface area contributed by atoms with Gasteiger partial charge in [0.25, 0.3) is 0 Å². The Balaban J connectivity index is 1.57. The summed E-state index contributed by atoms with van der Waals surface area (Å²) in [6, 6.07) is 10.4. The first-order chi connectivity index (χ1) is 9.31. The molecule has 1 aromatic rings. The Labute approximate surface area is 120 Å². The highest BCUT2D eigenvalue weighted by atomic mass is 32.2. The van der Waals surface area contributed by atoms with E-state index >= 15 is 0 Å². The number of rotatable bonds is 9. The Morgan fingerprint density at radius 2 is 2.05 bits per heavy atom. The summed E-state index contributed by atoms with van der Waals surface area (Å²) in [6.07, 6.45) is 6.05. The van der Waals surface area contributed by atoms with Crippen molar-refractivity contribution in [3.8, 4) is 0 Å². The quantitative estimate of drug-likeness (QED) is 0.288. The van der Waals surface area contributed by atoms with Gasteiger partial charge in [0.2, 0.25) is 0 Å². The van der Waals surface area contributed by atoms with Gasteiger partial charge in [-0.25, -0.2) is 0 Å². The summed E-state index contributed by atoms with van der Waals surface area (Å²) in [7, 11) is 0. The van der Waals surface area contributed by atoms with Crippen LogP contribution < -0.4 is 0 Å². The molecule has 3 atom stereocenters. The van der Waals surface area contributed by atoms with Crippen molar-refractivity contribution in [2.24, 2.45) is 0 Å². The predicted molar refractivity (Wildman–Crippen MR) is 80.5 cm³/mol. The molecule has 2 rings (SSSR count). The molecule has 106 valence electrons. The topological polar surface area (TPSA) is 21.8 Å². The number of benzene rings is 1. The molecule has 1 saturated heterocycles. The van der Waals surface area contributed by atoms with Crippen LogP contribution in [0.3, 0.4) is 0 Å². The van der Waals surface area contributed by atoms with Crippen LogP contribution in [0.5, 0.6) is 0 Å². The Hall–Kier alpha value is -0.510. The Bertz CT molecular complexity index is 355. The summed E-state index contributed by atoms with van der Waals surface area (Å²) in [6.45, 7) is 4.35. The van der Waals surface area contributed by atoms with Crippen LogP contribution in [-0.4, -0.2) is 24.3 Å². The average molecular weight is 280 g/mol. The molecule has 0 spiro atoms. The van der Waals surface area contributed by atoms with Gasteiger partial charge in [-0.2, -0.15) is 0 Å². The average Bonchev–Trinajstić information content (AvgIpc) is 3.20. The Kier molecular flexibility index (Phi) is 6.21. The van der Waals surface area contributed by atoms with Gasteiger partial charge in [0, 0.05) is 4.90 Å². The number of ether oxygens (including phenoxy) is 2. The summed E-state index contributed by atoms with van der Waals surface area (Å²) in [4.78, 5) is 1.26. The number of epoxide rings is 1. The summed E-state index contributed by atoms with van der Waals surface area (Å²) >= 11 is 1.74. The zero-order chi connectivity index (χ0) is 13.5. The van der Waals surface area contributed by atoms with Gasteiger partial charge in [-0.3, -0.25) is 0 Å². The van der Waals surface area contributed by atoms with Crippen molar-refractivity contribution >= 4 is 11.8 Å². The third-order valence-electron chi connectivity index (χ3n) is 3.48. The zero-order valence-corrected chi connectivity index (χ0v) is 12.7. The molecule has 1 heterocycles. The van der Waals surface area contributed by atoms with Crippen LogP contribution in [-0.2, 0) is 9.47 Å². The van der Waals surface area contributed by atoms with Crippen LogP contribution in [0.2, 0.25) is 0 Å².